The Morgan fingerprint density at radius 3 is 3.21 bits per heavy atom. The number of hydrogen-bond acceptors (Lipinski definition) is 4. The van der Waals surface area contributed by atoms with Gasteiger partial charge in [0.2, 0.25) is 0 Å². The minimum Gasteiger partial charge on any atom is -0.299 e. The van der Waals surface area contributed by atoms with Gasteiger partial charge in [0.05, 0.1) is 0 Å². The number of Topliss-reactive ketones (excluding diaryl/α,β-unsaturated/α-hetero) is 1. The standard InChI is InChI=1S/C10H13NOS2/c12-9-3-1-2-8(9)4-6-13-10-11-5-7-14-10/h5,7-8H,1-4,6H2. The molecule has 0 N–H and O–H groups in total. The van der Waals surface area contributed by atoms with Crippen LogP contribution < -0.4 is 0 Å². The smallest absolute Gasteiger partial charge is 0.149 e. The van der Waals surface area contributed by atoms with Crippen LogP contribution in [0.3, 0.4) is 0 Å². The molecular formula is C10H13NOS2. The molecule has 1 atom stereocenters. The van der Waals surface area contributed by atoms with Gasteiger partial charge in [-0.05, 0) is 19.3 Å². The molecule has 0 bridgehead atoms. The van der Waals surface area contributed by atoms with Crippen molar-refractivity contribution in [1.82, 2.24) is 4.98 Å². The third kappa shape index (κ3) is 2.58. The number of ketones is 1. The number of carbonyl (C=O) groups is 1. The van der Waals surface area contributed by atoms with Crippen molar-refractivity contribution in [3.63, 3.8) is 0 Å². The average molecular weight is 227 g/mol. The lowest BCUT2D eigenvalue weighted by atomic mass is 10.1. The Morgan fingerprint density at radius 2 is 2.57 bits per heavy atom. The van der Waals surface area contributed by atoms with E-state index in [1.807, 2.05) is 11.6 Å². The fourth-order valence-electron chi connectivity index (χ4n) is 1.76. The molecule has 1 aliphatic carbocycles. The van der Waals surface area contributed by atoms with Crippen LogP contribution in [0.25, 0.3) is 0 Å². The van der Waals surface area contributed by atoms with Crippen LogP contribution in [0.1, 0.15) is 25.7 Å². The largest absolute Gasteiger partial charge is 0.299 e. The van der Waals surface area contributed by atoms with E-state index in [0.29, 0.717) is 11.7 Å². The van der Waals surface area contributed by atoms with Crippen molar-refractivity contribution in [2.45, 2.75) is 30.0 Å². The quantitative estimate of drug-likeness (QED) is 0.741. The van der Waals surface area contributed by atoms with Crippen LogP contribution >= 0.6 is 23.1 Å². The van der Waals surface area contributed by atoms with E-state index in [-0.39, 0.29) is 0 Å². The molecule has 0 aromatic carbocycles. The van der Waals surface area contributed by atoms with Crippen LogP contribution in [0.5, 0.6) is 0 Å². The lowest BCUT2D eigenvalue weighted by Gasteiger charge is -2.05. The molecule has 0 saturated heterocycles. The fraction of sp³-hybridized carbons (Fsp3) is 0.600. The second-order valence-corrected chi connectivity index (χ2v) is 5.73. The first-order valence-corrected chi connectivity index (χ1v) is 6.78. The maximum atomic E-state index is 11.3. The zero-order valence-electron chi connectivity index (χ0n) is 7.94. The van der Waals surface area contributed by atoms with Crippen molar-refractivity contribution in [1.29, 1.82) is 0 Å². The van der Waals surface area contributed by atoms with Gasteiger partial charge in [0.15, 0.2) is 0 Å². The molecule has 0 radical (unpaired) electrons. The van der Waals surface area contributed by atoms with Crippen molar-refractivity contribution in [3.8, 4) is 0 Å². The first kappa shape index (κ1) is 10.2. The van der Waals surface area contributed by atoms with Gasteiger partial charge in [-0.25, -0.2) is 4.98 Å². The van der Waals surface area contributed by atoms with Gasteiger partial charge in [0.25, 0.3) is 0 Å². The predicted octanol–water partition coefficient (Wildman–Crippen LogP) is 2.99. The topological polar surface area (TPSA) is 30.0 Å². The van der Waals surface area contributed by atoms with E-state index in [2.05, 4.69) is 4.98 Å². The van der Waals surface area contributed by atoms with Crippen LogP contribution in [0.2, 0.25) is 0 Å². The van der Waals surface area contributed by atoms with Crippen molar-refractivity contribution < 1.29 is 4.79 Å². The molecule has 1 saturated carbocycles. The summed E-state index contributed by atoms with van der Waals surface area (Å²) in [5.41, 5.74) is 0. The number of thioether (sulfide) groups is 1. The number of rotatable bonds is 4. The number of aromatic nitrogens is 1. The summed E-state index contributed by atoms with van der Waals surface area (Å²) in [5, 5.41) is 1.99. The molecule has 4 heteroatoms. The van der Waals surface area contributed by atoms with Gasteiger partial charge in [0, 0.05) is 29.7 Å². The summed E-state index contributed by atoms with van der Waals surface area (Å²) in [4.78, 5) is 15.5. The zero-order valence-corrected chi connectivity index (χ0v) is 9.57. The van der Waals surface area contributed by atoms with Gasteiger partial charge in [0.1, 0.15) is 10.1 Å². The Kier molecular flexibility index (Phi) is 3.59. The zero-order chi connectivity index (χ0) is 9.80. The summed E-state index contributed by atoms with van der Waals surface area (Å²) in [5.74, 6) is 1.86. The predicted molar refractivity (Wildman–Crippen MR) is 59.8 cm³/mol. The molecule has 14 heavy (non-hydrogen) atoms. The molecule has 1 heterocycles. The Bertz CT molecular complexity index is 297. The number of carbonyl (C=O) groups excluding carboxylic acids is 1. The van der Waals surface area contributed by atoms with Gasteiger partial charge < -0.3 is 0 Å². The molecule has 1 aliphatic rings. The third-order valence-corrected chi connectivity index (χ3v) is 4.53. The van der Waals surface area contributed by atoms with Crippen LogP contribution in [-0.2, 0) is 4.79 Å². The fourth-order valence-corrected chi connectivity index (χ4v) is 3.52. The highest BCUT2D eigenvalue weighted by Gasteiger charge is 2.23. The summed E-state index contributed by atoms with van der Waals surface area (Å²) < 4.78 is 1.12. The van der Waals surface area contributed by atoms with Crippen LogP contribution in [0, 0.1) is 5.92 Å². The minimum atomic E-state index is 0.350. The highest BCUT2D eigenvalue weighted by molar-refractivity contribution is 8.00. The highest BCUT2D eigenvalue weighted by atomic mass is 32.2. The first-order chi connectivity index (χ1) is 6.86. The van der Waals surface area contributed by atoms with Crippen LogP contribution in [0.4, 0.5) is 0 Å². The molecule has 76 valence electrons. The second kappa shape index (κ2) is 4.94. The maximum absolute atomic E-state index is 11.3. The van der Waals surface area contributed by atoms with Crippen LogP contribution in [-0.4, -0.2) is 16.5 Å². The highest BCUT2D eigenvalue weighted by Crippen LogP contribution is 2.28. The lowest BCUT2D eigenvalue weighted by Crippen LogP contribution is -2.06. The molecule has 1 aromatic rings. The first-order valence-electron chi connectivity index (χ1n) is 4.91. The van der Waals surface area contributed by atoms with Gasteiger partial charge in [-0.15, -0.1) is 11.3 Å². The van der Waals surface area contributed by atoms with E-state index < -0.39 is 0 Å². The molecule has 2 rings (SSSR count). The molecule has 2 nitrogen and oxygen atoms in total. The number of hydrogen-bond donors (Lipinski definition) is 0. The molecule has 1 aromatic heterocycles. The number of nitrogens with zero attached hydrogens (tertiary/aromatic N) is 1. The van der Waals surface area contributed by atoms with Crippen molar-refractivity contribution >= 4 is 28.9 Å². The van der Waals surface area contributed by atoms with Crippen molar-refractivity contribution in [3.05, 3.63) is 11.6 Å². The Balaban J connectivity index is 1.70. The summed E-state index contributed by atoms with van der Waals surface area (Å²) in [6.07, 6.45) is 5.88. The molecule has 0 aliphatic heterocycles. The number of thiazole rings is 1. The monoisotopic (exact) mass is 227 g/mol. The van der Waals surface area contributed by atoms with Crippen molar-refractivity contribution in [2.75, 3.05) is 5.75 Å². The molecule has 0 amide bonds. The van der Waals surface area contributed by atoms with Gasteiger partial charge in [-0.3, -0.25) is 4.79 Å². The van der Waals surface area contributed by atoms with E-state index >= 15 is 0 Å². The van der Waals surface area contributed by atoms with E-state index in [4.69, 9.17) is 0 Å². The normalized spacial score (nSPS) is 21.7. The molecule has 1 fully saturated rings. The molecule has 0 spiro atoms. The SMILES string of the molecule is O=C1CCCC1CCSc1nccs1. The Hall–Kier alpha value is -0.350. The van der Waals surface area contributed by atoms with Gasteiger partial charge >= 0.3 is 0 Å². The maximum Gasteiger partial charge on any atom is 0.149 e. The molecular weight excluding hydrogens is 214 g/mol. The van der Waals surface area contributed by atoms with E-state index in [9.17, 15) is 4.79 Å². The third-order valence-electron chi connectivity index (χ3n) is 2.53. The summed E-state index contributed by atoms with van der Waals surface area (Å²) >= 11 is 3.44. The Labute approximate surface area is 92.1 Å². The summed E-state index contributed by atoms with van der Waals surface area (Å²) in [6, 6.07) is 0. The molecule has 1 unspecified atom stereocenters. The van der Waals surface area contributed by atoms with Gasteiger partial charge in [-0.1, -0.05) is 11.8 Å². The minimum absolute atomic E-state index is 0.350. The summed E-state index contributed by atoms with van der Waals surface area (Å²) in [6.45, 7) is 0. The van der Waals surface area contributed by atoms with Crippen LogP contribution in [0.15, 0.2) is 15.9 Å². The van der Waals surface area contributed by atoms with Gasteiger partial charge in [-0.2, -0.15) is 0 Å². The average Bonchev–Trinajstić information content (AvgIpc) is 2.78. The Morgan fingerprint density at radius 1 is 1.64 bits per heavy atom. The van der Waals surface area contributed by atoms with E-state index in [0.717, 1.165) is 35.8 Å². The van der Waals surface area contributed by atoms with E-state index in [1.54, 1.807) is 23.1 Å². The second-order valence-electron chi connectivity index (χ2n) is 3.49. The van der Waals surface area contributed by atoms with Crippen molar-refractivity contribution in [2.24, 2.45) is 5.92 Å². The summed E-state index contributed by atoms with van der Waals surface area (Å²) in [7, 11) is 0. The lowest BCUT2D eigenvalue weighted by molar-refractivity contribution is -0.120. The van der Waals surface area contributed by atoms with E-state index in [1.165, 1.54) is 0 Å².